The summed E-state index contributed by atoms with van der Waals surface area (Å²) < 4.78 is 0. The number of hydrogen-bond donors (Lipinski definition) is 2. The van der Waals surface area contributed by atoms with Crippen molar-refractivity contribution in [3.63, 3.8) is 0 Å². The fraction of sp³-hybridized carbons (Fsp3) is 0.500. The number of carbonyl (C=O) groups is 1. The summed E-state index contributed by atoms with van der Waals surface area (Å²) in [5, 5.41) is 12.2. The number of likely N-dealkylation sites (N-methyl/N-ethyl adjacent to an activating group) is 2. The van der Waals surface area contributed by atoms with Gasteiger partial charge in [-0.05, 0) is 38.5 Å². The van der Waals surface area contributed by atoms with E-state index in [2.05, 4.69) is 5.32 Å². The maximum atomic E-state index is 11.6. The number of aliphatic hydroxyl groups is 1. The van der Waals surface area contributed by atoms with E-state index in [4.69, 9.17) is 0 Å². The summed E-state index contributed by atoms with van der Waals surface area (Å²) in [5.41, 5.74) is 1.88. The van der Waals surface area contributed by atoms with Crippen LogP contribution in [0, 0.1) is 0 Å². The maximum absolute atomic E-state index is 11.6. The van der Waals surface area contributed by atoms with E-state index in [-0.39, 0.29) is 5.91 Å². The second kappa shape index (κ2) is 7.01. The first kappa shape index (κ1) is 14.5. The van der Waals surface area contributed by atoms with Gasteiger partial charge in [0.2, 0.25) is 5.91 Å². The molecule has 1 aromatic carbocycles. The molecule has 1 aromatic rings. The molecule has 1 rings (SSSR count). The maximum Gasteiger partial charge on any atom is 0.239 e. The Balaban J connectivity index is 2.73. The Morgan fingerprint density at radius 1 is 1.33 bits per heavy atom. The lowest BCUT2D eigenvalue weighted by atomic mass is 10.1. The van der Waals surface area contributed by atoms with Crippen LogP contribution in [0.25, 0.3) is 0 Å². The van der Waals surface area contributed by atoms with Gasteiger partial charge in [-0.25, -0.2) is 0 Å². The molecule has 4 heteroatoms. The molecule has 0 heterocycles. The average Bonchev–Trinajstić information content (AvgIpc) is 2.36. The third-order valence-electron chi connectivity index (χ3n) is 2.83. The van der Waals surface area contributed by atoms with Crippen LogP contribution in [0.5, 0.6) is 0 Å². The van der Waals surface area contributed by atoms with Crippen molar-refractivity contribution in [3.05, 3.63) is 29.8 Å². The molecule has 18 heavy (non-hydrogen) atoms. The van der Waals surface area contributed by atoms with Crippen molar-refractivity contribution in [2.45, 2.75) is 26.9 Å². The molecular formula is C14H22N2O2. The second-order valence-corrected chi connectivity index (χ2v) is 4.24. The fourth-order valence-corrected chi connectivity index (χ4v) is 1.78. The summed E-state index contributed by atoms with van der Waals surface area (Å²) in [6, 6.07) is 7.65. The first-order valence-electron chi connectivity index (χ1n) is 6.38. The standard InChI is InChI=1S/C14H22N2O2/c1-4-15-14(18)10-16(5-2)13-8-6-12(7-9-13)11(3)17/h6-9,11,17H,4-5,10H2,1-3H3,(H,15,18). The zero-order valence-electron chi connectivity index (χ0n) is 11.3. The highest BCUT2D eigenvalue weighted by Gasteiger charge is 2.09. The second-order valence-electron chi connectivity index (χ2n) is 4.24. The number of nitrogens with one attached hydrogen (secondary N) is 1. The quantitative estimate of drug-likeness (QED) is 0.808. The minimum absolute atomic E-state index is 0.0268. The molecule has 0 aliphatic rings. The molecule has 0 saturated carbocycles. The van der Waals surface area contributed by atoms with E-state index in [0.717, 1.165) is 17.8 Å². The normalized spacial score (nSPS) is 12.0. The summed E-state index contributed by atoms with van der Waals surface area (Å²) in [6.07, 6.45) is -0.461. The summed E-state index contributed by atoms with van der Waals surface area (Å²) in [7, 11) is 0. The van der Waals surface area contributed by atoms with Crippen LogP contribution in [0.4, 0.5) is 5.69 Å². The van der Waals surface area contributed by atoms with Gasteiger partial charge in [-0.1, -0.05) is 12.1 Å². The van der Waals surface area contributed by atoms with E-state index in [1.165, 1.54) is 0 Å². The molecule has 1 amide bonds. The SMILES string of the molecule is CCNC(=O)CN(CC)c1ccc(C(C)O)cc1. The smallest absolute Gasteiger partial charge is 0.239 e. The highest BCUT2D eigenvalue weighted by molar-refractivity contribution is 5.81. The molecule has 1 atom stereocenters. The van der Waals surface area contributed by atoms with Gasteiger partial charge in [-0.3, -0.25) is 4.79 Å². The van der Waals surface area contributed by atoms with Gasteiger partial charge in [0.05, 0.1) is 12.6 Å². The Hall–Kier alpha value is -1.55. The van der Waals surface area contributed by atoms with Crippen LogP contribution in [0.2, 0.25) is 0 Å². The first-order valence-corrected chi connectivity index (χ1v) is 6.38. The third-order valence-corrected chi connectivity index (χ3v) is 2.83. The number of nitrogens with zero attached hydrogens (tertiary/aromatic N) is 1. The average molecular weight is 250 g/mol. The summed E-state index contributed by atoms with van der Waals surface area (Å²) in [6.45, 7) is 7.44. The number of benzene rings is 1. The number of aliphatic hydroxyl groups excluding tert-OH is 1. The molecule has 1 unspecified atom stereocenters. The van der Waals surface area contributed by atoms with Gasteiger partial charge in [-0.15, -0.1) is 0 Å². The van der Waals surface area contributed by atoms with E-state index in [1.807, 2.05) is 43.0 Å². The van der Waals surface area contributed by atoms with Crippen LogP contribution in [0.1, 0.15) is 32.4 Å². The zero-order chi connectivity index (χ0) is 13.5. The third kappa shape index (κ3) is 4.04. The van der Waals surface area contributed by atoms with Crippen LogP contribution < -0.4 is 10.2 Å². The number of hydrogen-bond acceptors (Lipinski definition) is 3. The van der Waals surface area contributed by atoms with Crippen molar-refractivity contribution in [1.29, 1.82) is 0 Å². The van der Waals surface area contributed by atoms with Crippen molar-refractivity contribution in [1.82, 2.24) is 5.32 Å². The number of anilines is 1. The summed E-state index contributed by atoms with van der Waals surface area (Å²) in [5.74, 6) is 0.0268. The lowest BCUT2D eigenvalue weighted by Gasteiger charge is -2.22. The van der Waals surface area contributed by atoms with Crippen molar-refractivity contribution in [2.75, 3.05) is 24.5 Å². The number of amides is 1. The monoisotopic (exact) mass is 250 g/mol. The molecule has 0 aliphatic carbocycles. The van der Waals surface area contributed by atoms with Gasteiger partial charge in [0.1, 0.15) is 0 Å². The molecule has 0 bridgehead atoms. The molecule has 0 fully saturated rings. The van der Waals surface area contributed by atoms with Gasteiger partial charge in [-0.2, -0.15) is 0 Å². The minimum atomic E-state index is -0.461. The largest absolute Gasteiger partial charge is 0.389 e. The van der Waals surface area contributed by atoms with E-state index in [9.17, 15) is 9.90 Å². The van der Waals surface area contributed by atoms with Gasteiger partial charge >= 0.3 is 0 Å². The van der Waals surface area contributed by atoms with Gasteiger partial charge < -0.3 is 15.3 Å². The minimum Gasteiger partial charge on any atom is -0.389 e. The van der Waals surface area contributed by atoms with Crippen LogP contribution in [0.15, 0.2) is 24.3 Å². The molecule has 0 radical (unpaired) electrons. The Labute approximate surface area is 109 Å². The molecule has 100 valence electrons. The van der Waals surface area contributed by atoms with Crippen LogP contribution in [-0.4, -0.2) is 30.6 Å². The summed E-state index contributed by atoms with van der Waals surface area (Å²) >= 11 is 0. The Morgan fingerprint density at radius 2 is 1.94 bits per heavy atom. The van der Waals surface area contributed by atoms with Gasteiger partial charge in [0, 0.05) is 18.8 Å². The molecule has 4 nitrogen and oxygen atoms in total. The van der Waals surface area contributed by atoms with Crippen molar-refractivity contribution in [2.24, 2.45) is 0 Å². The Morgan fingerprint density at radius 3 is 2.39 bits per heavy atom. The van der Waals surface area contributed by atoms with Crippen LogP contribution >= 0.6 is 0 Å². The molecule has 0 aromatic heterocycles. The van der Waals surface area contributed by atoms with Crippen molar-refractivity contribution >= 4 is 11.6 Å². The van der Waals surface area contributed by atoms with Crippen molar-refractivity contribution < 1.29 is 9.90 Å². The first-order chi connectivity index (χ1) is 8.58. The molecule has 0 aliphatic heterocycles. The van der Waals surface area contributed by atoms with Crippen LogP contribution in [0.3, 0.4) is 0 Å². The topological polar surface area (TPSA) is 52.6 Å². The van der Waals surface area contributed by atoms with Crippen molar-refractivity contribution in [3.8, 4) is 0 Å². The molecule has 0 spiro atoms. The van der Waals surface area contributed by atoms with E-state index in [0.29, 0.717) is 13.1 Å². The molecular weight excluding hydrogens is 228 g/mol. The van der Waals surface area contributed by atoms with Gasteiger partial charge in [0.25, 0.3) is 0 Å². The summed E-state index contributed by atoms with van der Waals surface area (Å²) in [4.78, 5) is 13.6. The number of carbonyl (C=O) groups excluding carboxylic acids is 1. The zero-order valence-corrected chi connectivity index (χ0v) is 11.3. The van der Waals surface area contributed by atoms with E-state index in [1.54, 1.807) is 6.92 Å². The van der Waals surface area contributed by atoms with E-state index < -0.39 is 6.10 Å². The predicted octanol–water partition coefficient (Wildman–Crippen LogP) is 1.70. The Bertz CT molecular complexity index is 374. The van der Waals surface area contributed by atoms with Gasteiger partial charge in [0.15, 0.2) is 0 Å². The van der Waals surface area contributed by atoms with E-state index >= 15 is 0 Å². The van der Waals surface area contributed by atoms with Crippen LogP contribution in [-0.2, 0) is 4.79 Å². The number of rotatable bonds is 6. The lowest BCUT2D eigenvalue weighted by molar-refractivity contribution is -0.119. The molecule has 2 N–H and O–H groups in total. The Kier molecular flexibility index (Phi) is 5.65. The highest BCUT2D eigenvalue weighted by Crippen LogP contribution is 2.18. The fourth-order valence-electron chi connectivity index (χ4n) is 1.78. The highest BCUT2D eigenvalue weighted by atomic mass is 16.3. The lowest BCUT2D eigenvalue weighted by Crippen LogP contribution is -2.37. The predicted molar refractivity (Wildman–Crippen MR) is 73.6 cm³/mol. The molecule has 0 saturated heterocycles.